The fraction of sp³-hybridized carbons (Fsp3) is 0.227. The van der Waals surface area contributed by atoms with Crippen LogP contribution >= 0.6 is 11.8 Å². The summed E-state index contributed by atoms with van der Waals surface area (Å²) in [6, 6.07) is 15.0. The first-order valence-electron chi connectivity index (χ1n) is 9.49. The van der Waals surface area contributed by atoms with Gasteiger partial charge in [-0.25, -0.2) is 0 Å². The molecule has 1 aromatic heterocycles. The molecule has 0 atom stereocenters. The minimum atomic E-state index is -0.158. The number of benzene rings is 2. The summed E-state index contributed by atoms with van der Waals surface area (Å²) in [5.41, 5.74) is 1.48. The summed E-state index contributed by atoms with van der Waals surface area (Å²) in [7, 11) is 1.57. The van der Waals surface area contributed by atoms with E-state index in [1.54, 1.807) is 25.3 Å². The van der Waals surface area contributed by atoms with Gasteiger partial charge in [0.15, 0.2) is 11.0 Å². The first kappa shape index (κ1) is 21.4. The number of para-hydroxylation sites is 3. The van der Waals surface area contributed by atoms with E-state index in [0.717, 1.165) is 11.3 Å². The Morgan fingerprint density at radius 2 is 1.90 bits per heavy atom. The van der Waals surface area contributed by atoms with Crippen LogP contribution in [-0.2, 0) is 11.3 Å². The van der Waals surface area contributed by atoms with Crippen molar-refractivity contribution in [1.29, 1.82) is 0 Å². The van der Waals surface area contributed by atoms with Crippen LogP contribution in [0.15, 0.2) is 66.3 Å². The van der Waals surface area contributed by atoms with Crippen molar-refractivity contribution in [2.75, 3.05) is 24.8 Å². The number of methoxy groups -OCH3 is 1. The van der Waals surface area contributed by atoms with E-state index in [1.807, 2.05) is 47.9 Å². The first-order chi connectivity index (χ1) is 14.7. The van der Waals surface area contributed by atoms with Gasteiger partial charge in [0.1, 0.15) is 11.5 Å². The van der Waals surface area contributed by atoms with Gasteiger partial charge in [-0.2, -0.15) is 0 Å². The normalized spacial score (nSPS) is 10.5. The maximum absolute atomic E-state index is 12.5. The van der Waals surface area contributed by atoms with E-state index < -0.39 is 0 Å². The fourth-order valence-electron chi connectivity index (χ4n) is 2.89. The molecule has 3 rings (SSSR count). The quantitative estimate of drug-likeness (QED) is 0.387. The largest absolute Gasteiger partial charge is 0.495 e. The lowest BCUT2D eigenvalue weighted by atomic mass is 10.2. The number of anilines is 1. The van der Waals surface area contributed by atoms with E-state index >= 15 is 0 Å². The number of thioether (sulfide) groups is 1. The van der Waals surface area contributed by atoms with Crippen LogP contribution in [-0.4, -0.2) is 40.1 Å². The second-order valence-corrected chi connectivity index (χ2v) is 7.11. The number of amides is 1. The van der Waals surface area contributed by atoms with E-state index in [9.17, 15) is 4.79 Å². The molecule has 0 saturated carbocycles. The van der Waals surface area contributed by atoms with E-state index in [2.05, 4.69) is 22.1 Å². The van der Waals surface area contributed by atoms with Crippen LogP contribution in [0.1, 0.15) is 6.92 Å². The third-order valence-electron chi connectivity index (χ3n) is 4.17. The molecule has 0 aliphatic rings. The van der Waals surface area contributed by atoms with Gasteiger partial charge in [0.25, 0.3) is 0 Å². The number of nitrogens with one attached hydrogen (secondary N) is 1. The molecule has 2 aromatic carbocycles. The lowest BCUT2D eigenvalue weighted by Crippen LogP contribution is -2.15. The summed E-state index contributed by atoms with van der Waals surface area (Å²) < 4.78 is 12.9. The van der Waals surface area contributed by atoms with E-state index in [1.165, 1.54) is 11.8 Å². The molecule has 0 saturated heterocycles. The summed E-state index contributed by atoms with van der Waals surface area (Å²) in [6.45, 7) is 6.83. The SMILES string of the molecule is C=CCn1c(SCC(=O)Nc2ccccc2OC)nnc1-c1ccccc1OCC. The minimum absolute atomic E-state index is 0.158. The standard InChI is InChI=1S/C22H24N4O3S/c1-4-14-26-21(16-10-6-8-12-18(16)29-5-2)24-25-22(26)30-15-20(27)23-17-11-7-9-13-19(17)28-3/h4,6-13H,1,5,14-15H2,2-3H3,(H,23,27). The number of aromatic nitrogens is 3. The van der Waals surface area contributed by atoms with Gasteiger partial charge >= 0.3 is 0 Å². The van der Waals surface area contributed by atoms with E-state index in [4.69, 9.17) is 9.47 Å². The molecule has 0 unspecified atom stereocenters. The van der Waals surface area contributed by atoms with Gasteiger partial charge in [-0.05, 0) is 31.2 Å². The van der Waals surface area contributed by atoms with Gasteiger partial charge < -0.3 is 14.8 Å². The lowest BCUT2D eigenvalue weighted by molar-refractivity contribution is -0.113. The van der Waals surface area contributed by atoms with Crippen LogP contribution in [0.2, 0.25) is 0 Å². The Labute approximate surface area is 180 Å². The van der Waals surface area contributed by atoms with Crippen molar-refractivity contribution in [3.63, 3.8) is 0 Å². The summed E-state index contributed by atoms with van der Waals surface area (Å²) >= 11 is 1.31. The molecule has 1 heterocycles. The van der Waals surface area contributed by atoms with Gasteiger partial charge in [-0.3, -0.25) is 9.36 Å². The Hall–Kier alpha value is -3.26. The second-order valence-electron chi connectivity index (χ2n) is 6.17. The van der Waals surface area contributed by atoms with Crippen LogP contribution in [0.4, 0.5) is 5.69 Å². The van der Waals surface area contributed by atoms with E-state index in [0.29, 0.717) is 35.6 Å². The van der Waals surface area contributed by atoms with Crippen molar-refractivity contribution in [3.8, 4) is 22.9 Å². The molecule has 7 nitrogen and oxygen atoms in total. The van der Waals surface area contributed by atoms with Crippen LogP contribution in [0, 0.1) is 0 Å². The highest BCUT2D eigenvalue weighted by Crippen LogP contribution is 2.31. The van der Waals surface area contributed by atoms with Gasteiger partial charge in [0, 0.05) is 6.54 Å². The molecule has 0 radical (unpaired) electrons. The van der Waals surface area contributed by atoms with Crippen LogP contribution in [0.3, 0.4) is 0 Å². The Bertz CT molecular complexity index is 1020. The average molecular weight is 425 g/mol. The highest BCUT2D eigenvalue weighted by atomic mass is 32.2. The van der Waals surface area contributed by atoms with Gasteiger partial charge in [-0.15, -0.1) is 16.8 Å². The molecule has 1 amide bonds. The predicted molar refractivity (Wildman–Crippen MR) is 119 cm³/mol. The molecule has 0 aliphatic heterocycles. The maximum atomic E-state index is 12.5. The molecular weight excluding hydrogens is 400 g/mol. The highest BCUT2D eigenvalue weighted by molar-refractivity contribution is 7.99. The average Bonchev–Trinajstić information content (AvgIpc) is 3.16. The molecule has 3 aromatic rings. The van der Waals surface area contributed by atoms with E-state index in [-0.39, 0.29) is 11.7 Å². The van der Waals surface area contributed by atoms with Crippen molar-refractivity contribution >= 4 is 23.4 Å². The first-order valence-corrected chi connectivity index (χ1v) is 10.5. The third kappa shape index (κ3) is 5.01. The number of carbonyl (C=O) groups excluding carboxylic acids is 1. The summed E-state index contributed by atoms with van der Waals surface area (Å²) in [6.07, 6.45) is 1.77. The Balaban J connectivity index is 1.77. The van der Waals surface area contributed by atoms with Crippen molar-refractivity contribution in [1.82, 2.24) is 14.8 Å². The van der Waals surface area contributed by atoms with Gasteiger partial charge in [0.05, 0.1) is 30.7 Å². The fourth-order valence-corrected chi connectivity index (χ4v) is 3.63. The zero-order valence-corrected chi connectivity index (χ0v) is 17.8. The minimum Gasteiger partial charge on any atom is -0.495 e. The molecule has 0 spiro atoms. The monoisotopic (exact) mass is 424 g/mol. The predicted octanol–water partition coefficient (Wildman–Crippen LogP) is 4.27. The second kappa shape index (κ2) is 10.5. The number of rotatable bonds is 10. The number of nitrogens with zero attached hydrogens (tertiary/aromatic N) is 3. The van der Waals surface area contributed by atoms with Crippen molar-refractivity contribution in [2.45, 2.75) is 18.6 Å². The van der Waals surface area contributed by atoms with Crippen LogP contribution in [0.5, 0.6) is 11.5 Å². The molecule has 0 aliphatic carbocycles. The van der Waals surface area contributed by atoms with Crippen molar-refractivity contribution in [2.24, 2.45) is 0 Å². The van der Waals surface area contributed by atoms with Gasteiger partial charge in [-0.1, -0.05) is 42.1 Å². The molecule has 0 bridgehead atoms. The molecule has 156 valence electrons. The Kier molecular flexibility index (Phi) is 7.51. The number of allylic oxidation sites excluding steroid dienone is 1. The van der Waals surface area contributed by atoms with Crippen LogP contribution in [0.25, 0.3) is 11.4 Å². The molecule has 1 N–H and O–H groups in total. The molecular formula is C22H24N4O3S. The Morgan fingerprint density at radius 3 is 2.63 bits per heavy atom. The van der Waals surface area contributed by atoms with Gasteiger partial charge in [0.2, 0.25) is 5.91 Å². The van der Waals surface area contributed by atoms with Crippen LogP contribution < -0.4 is 14.8 Å². The molecule has 30 heavy (non-hydrogen) atoms. The number of carbonyl (C=O) groups is 1. The summed E-state index contributed by atoms with van der Waals surface area (Å²) in [5, 5.41) is 12.1. The third-order valence-corrected chi connectivity index (χ3v) is 5.14. The van der Waals surface area contributed by atoms with Crippen molar-refractivity contribution < 1.29 is 14.3 Å². The number of hydrogen-bond donors (Lipinski definition) is 1. The molecule has 8 heteroatoms. The zero-order chi connectivity index (χ0) is 21.3. The lowest BCUT2D eigenvalue weighted by Gasteiger charge is -2.12. The zero-order valence-electron chi connectivity index (χ0n) is 17.0. The summed E-state index contributed by atoms with van der Waals surface area (Å²) in [4.78, 5) is 12.5. The maximum Gasteiger partial charge on any atom is 0.234 e. The highest BCUT2D eigenvalue weighted by Gasteiger charge is 2.18. The number of hydrogen-bond acceptors (Lipinski definition) is 6. The topological polar surface area (TPSA) is 78.3 Å². The van der Waals surface area contributed by atoms with Crippen molar-refractivity contribution in [3.05, 3.63) is 61.2 Å². The Morgan fingerprint density at radius 1 is 1.17 bits per heavy atom. The molecule has 0 fully saturated rings. The number of ether oxygens (including phenoxy) is 2. The smallest absolute Gasteiger partial charge is 0.234 e. The summed E-state index contributed by atoms with van der Waals surface area (Å²) in [5.74, 6) is 2.05.